The van der Waals surface area contributed by atoms with Gasteiger partial charge in [-0.1, -0.05) is 17.7 Å². The van der Waals surface area contributed by atoms with Crippen LogP contribution in [0.2, 0.25) is 5.15 Å². The third-order valence-electron chi connectivity index (χ3n) is 3.38. The topological polar surface area (TPSA) is 60.0 Å². The van der Waals surface area contributed by atoms with E-state index in [0.29, 0.717) is 17.3 Å². The van der Waals surface area contributed by atoms with Crippen LogP contribution in [-0.4, -0.2) is 25.2 Å². The van der Waals surface area contributed by atoms with E-state index >= 15 is 0 Å². The molecule has 3 rings (SSSR count). The summed E-state index contributed by atoms with van der Waals surface area (Å²) < 4.78 is 3.76. The van der Waals surface area contributed by atoms with Gasteiger partial charge in [0.1, 0.15) is 11.0 Å². The van der Waals surface area contributed by atoms with Gasteiger partial charge in [0.2, 0.25) is 0 Å². The van der Waals surface area contributed by atoms with Gasteiger partial charge in [-0.2, -0.15) is 0 Å². The molecule has 0 fully saturated rings. The van der Waals surface area contributed by atoms with Gasteiger partial charge in [0.25, 0.3) is 0 Å². The van der Waals surface area contributed by atoms with Crippen molar-refractivity contribution < 1.29 is 9.90 Å². The number of hydrogen-bond acceptors (Lipinski definition) is 2. The average Bonchev–Trinajstić information content (AvgIpc) is 2.97. The molecule has 1 N–H and O–H groups in total. The molecular weight excluding hydrogens is 278 g/mol. The maximum Gasteiger partial charge on any atom is 0.336 e. The molecule has 5 nitrogen and oxygen atoms in total. The van der Waals surface area contributed by atoms with Gasteiger partial charge in [-0.15, -0.1) is 0 Å². The zero-order chi connectivity index (χ0) is 14.3. The number of hydrogen-bond donors (Lipinski definition) is 1. The number of aromatic carboxylic acids is 1. The highest BCUT2D eigenvalue weighted by molar-refractivity contribution is 6.29. The van der Waals surface area contributed by atoms with E-state index in [-0.39, 0.29) is 0 Å². The standard InChI is InChI=1S/C14H12ClN3O2/c1-17-12(15)7-16-13(17)8-18-6-5-9-10(14(19)20)3-2-4-11(9)18/h2-7H,8H2,1H3,(H,19,20). The van der Waals surface area contributed by atoms with E-state index in [0.717, 1.165) is 16.7 Å². The van der Waals surface area contributed by atoms with Crippen molar-refractivity contribution >= 4 is 28.5 Å². The Labute approximate surface area is 120 Å². The summed E-state index contributed by atoms with van der Waals surface area (Å²) in [6, 6.07) is 7.05. The van der Waals surface area contributed by atoms with Crippen molar-refractivity contribution in [2.24, 2.45) is 7.05 Å². The Hall–Kier alpha value is -2.27. The molecule has 0 saturated heterocycles. The van der Waals surface area contributed by atoms with E-state index in [9.17, 15) is 9.90 Å². The monoisotopic (exact) mass is 289 g/mol. The van der Waals surface area contributed by atoms with Crippen molar-refractivity contribution in [2.75, 3.05) is 0 Å². The summed E-state index contributed by atoms with van der Waals surface area (Å²) in [4.78, 5) is 15.4. The zero-order valence-corrected chi connectivity index (χ0v) is 11.5. The molecule has 0 saturated carbocycles. The van der Waals surface area contributed by atoms with Crippen molar-refractivity contribution in [2.45, 2.75) is 6.54 Å². The first kappa shape index (κ1) is 12.7. The minimum absolute atomic E-state index is 0.305. The lowest BCUT2D eigenvalue weighted by molar-refractivity contribution is 0.0699. The number of imidazole rings is 1. The fourth-order valence-electron chi connectivity index (χ4n) is 2.27. The molecule has 2 heterocycles. The zero-order valence-electron chi connectivity index (χ0n) is 10.7. The number of benzene rings is 1. The maximum absolute atomic E-state index is 11.2. The number of carboxylic acid groups (broad SMARTS) is 1. The maximum atomic E-state index is 11.2. The Morgan fingerprint density at radius 1 is 1.40 bits per heavy atom. The number of carbonyl (C=O) groups is 1. The van der Waals surface area contributed by atoms with E-state index in [2.05, 4.69) is 4.98 Å². The van der Waals surface area contributed by atoms with Crippen LogP contribution in [0.1, 0.15) is 16.2 Å². The van der Waals surface area contributed by atoms with Gasteiger partial charge >= 0.3 is 5.97 Å². The molecule has 0 aliphatic heterocycles. The predicted molar refractivity (Wildman–Crippen MR) is 76.2 cm³/mol. The van der Waals surface area contributed by atoms with Crippen LogP contribution >= 0.6 is 11.6 Å². The molecule has 0 radical (unpaired) electrons. The molecule has 0 aliphatic rings. The predicted octanol–water partition coefficient (Wildman–Crippen LogP) is 2.77. The molecular formula is C14H12ClN3O2. The summed E-state index contributed by atoms with van der Waals surface area (Å²) in [7, 11) is 1.85. The summed E-state index contributed by atoms with van der Waals surface area (Å²) in [5.41, 5.74) is 1.17. The lowest BCUT2D eigenvalue weighted by Gasteiger charge is -2.06. The van der Waals surface area contributed by atoms with Crippen molar-refractivity contribution in [3.05, 3.63) is 53.2 Å². The van der Waals surface area contributed by atoms with Crippen LogP contribution in [0.3, 0.4) is 0 Å². The minimum atomic E-state index is -0.923. The molecule has 6 heteroatoms. The molecule has 0 bridgehead atoms. The van der Waals surface area contributed by atoms with Gasteiger partial charge in [-0.05, 0) is 18.2 Å². The summed E-state index contributed by atoms with van der Waals surface area (Å²) in [6.07, 6.45) is 3.46. The summed E-state index contributed by atoms with van der Waals surface area (Å²) >= 11 is 5.97. The van der Waals surface area contributed by atoms with Gasteiger partial charge < -0.3 is 14.2 Å². The Morgan fingerprint density at radius 2 is 2.20 bits per heavy atom. The summed E-state index contributed by atoms with van der Waals surface area (Å²) in [5.74, 6) is -0.110. The second-order valence-corrected chi connectivity index (χ2v) is 4.93. The number of carboxylic acids is 1. The van der Waals surface area contributed by atoms with E-state index in [4.69, 9.17) is 11.6 Å². The van der Waals surface area contributed by atoms with Crippen LogP contribution in [-0.2, 0) is 13.6 Å². The molecule has 0 aliphatic carbocycles. The van der Waals surface area contributed by atoms with Crippen LogP contribution in [0, 0.1) is 0 Å². The van der Waals surface area contributed by atoms with Gasteiger partial charge in [0.05, 0.1) is 18.3 Å². The SMILES string of the molecule is Cn1c(Cl)cnc1Cn1ccc2c(C(=O)O)cccc21. The Bertz CT molecular complexity index is 804. The molecule has 0 atom stereocenters. The molecule has 0 amide bonds. The number of halogens is 1. The normalized spacial score (nSPS) is 11.1. The van der Waals surface area contributed by atoms with Crippen molar-refractivity contribution in [3.63, 3.8) is 0 Å². The lowest BCUT2D eigenvalue weighted by Crippen LogP contribution is -2.05. The first-order valence-corrected chi connectivity index (χ1v) is 6.43. The number of nitrogens with zero attached hydrogens (tertiary/aromatic N) is 3. The highest BCUT2D eigenvalue weighted by Crippen LogP contribution is 2.21. The van der Waals surface area contributed by atoms with Gasteiger partial charge in [0, 0.05) is 24.1 Å². The third kappa shape index (κ3) is 1.96. The van der Waals surface area contributed by atoms with Gasteiger partial charge in [0.15, 0.2) is 0 Å². The molecule has 102 valence electrons. The number of fused-ring (bicyclic) bond motifs is 1. The third-order valence-corrected chi connectivity index (χ3v) is 3.73. The van der Waals surface area contributed by atoms with Crippen LogP contribution in [0.4, 0.5) is 0 Å². The highest BCUT2D eigenvalue weighted by Gasteiger charge is 2.12. The molecule has 3 aromatic rings. The van der Waals surface area contributed by atoms with Crippen molar-refractivity contribution in [1.29, 1.82) is 0 Å². The van der Waals surface area contributed by atoms with Crippen LogP contribution in [0.5, 0.6) is 0 Å². The molecule has 0 unspecified atom stereocenters. The molecule has 0 spiro atoms. The molecule has 1 aromatic carbocycles. The summed E-state index contributed by atoms with van der Waals surface area (Å²) in [5, 5.41) is 10.5. The number of rotatable bonds is 3. The Balaban J connectivity index is 2.07. The first-order chi connectivity index (χ1) is 9.58. The second kappa shape index (κ2) is 4.68. The smallest absolute Gasteiger partial charge is 0.336 e. The van der Waals surface area contributed by atoms with Gasteiger partial charge in [-0.25, -0.2) is 9.78 Å². The number of aromatic nitrogens is 3. The van der Waals surface area contributed by atoms with E-state index in [1.807, 2.05) is 29.9 Å². The fourth-order valence-corrected chi connectivity index (χ4v) is 2.42. The van der Waals surface area contributed by atoms with Crippen LogP contribution in [0.25, 0.3) is 10.9 Å². The van der Waals surface area contributed by atoms with Gasteiger partial charge in [-0.3, -0.25) is 0 Å². The van der Waals surface area contributed by atoms with Crippen molar-refractivity contribution in [1.82, 2.24) is 14.1 Å². The van der Waals surface area contributed by atoms with E-state index in [1.165, 1.54) is 0 Å². The quantitative estimate of drug-likeness (QED) is 0.806. The Kier molecular flexibility index (Phi) is 2.99. The van der Waals surface area contributed by atoms with Crippen LogP contribution < -0.4 is 0 Å². The fraction of sp³-hybridized carbons (Fsp3) is 0.143. The summed E-state index contributed by atoms with van der Waals surface area (Å²) in [6.45, 7) is 0.537. The van der Waals surface area contributed by atoms with Crippen LogP contribution in [0.15, 0.2) is 36.7 Å². The van der Waals surface area contributed by atoms with E-state index < -0.39 is 5.97 Å². The Morgan fingerprint density at radius 3 is 2.85 bits per heavy atom. The minimum Gasteiger partial charge on any atom is -0.478 e. The van der Waals surface area contributed by atoms with Crippen molar-refractivity contribution in [3.8, 4) is 0 Å². The average molecular weight is 290 g/mol. The first-order valence-electron chi connectivity index (χ1n) is 6.05. The van der Waals surface area contributed by atoms with E-state index in [1.54, 1.807) is 22.9 Å². The second-order valence-electron chi connectivity index (χ2n) is 4.54. The molecule has 2 aromatic heterocycles. The highest BCUT2D eigenvalue weighted by atomic mass is 35.5. The molecule has 20 heavy (non-hydrogen) atoms. The largest absolute Gasteiger partial charge is 0.478 e. The lowest BCUT2D eigenvalue weighted by atomic mass is 10.1.